The van der Waals surface area contributed by atoms with Gasteiger partial charge in [0.15, 0.2) is 0 Å². The first kappa shape index (κ1) is 14.8. The Morgan fingerprint density at radius 3 is 2.95 bits per heavy atom. The summed E-state index contributed by atoms with van der Waals surface area (Å²) in [6.45, 7) is 13.8. The molecular formula is C16H31N3O. The molecule has 0 aromatic heterocycles. The van der Waals surface area contributed by atoms with Crippen LogP contribution in [0.5, 0.6) is 0 Å². The molecule has 2 atom stereocenters. The van der Waals surface area contributed by atoms with Crippen LogP contribution in [0.1, 0.15) is 33.1 Å². The predicted octanol–water partition coefficient (Wildman–Crippen LogP) is 1.17. The number of nitrogens with zero attached hydrogens (tertiary/aromatic N) is 2. The van der Waals surface area contributed by atoms with Crippen LogP contribution in [0.25, 0.3) is 0 Å². The molecule has 0 aromatic carbocycles. The highest BCUT2D eigenvalue weighted by Crippen LogP contribution is 2.31. The van der Waals surface area contributed by atoms with Crippen molar-refractivity contribution in [3.8, 4) is 0 Å². The minimum absolute atomic E-state index is 0.352. The molecule has 4 nitrogen and oxygen atoms in total. The Morgan fingerprint density at radius 2 is 2.20 bits per heavy atom. The van der Waals surface area contributed by atoms with Crippen LogP contribution >= 0.6 is 0 Å². The second kappa shape index (κ2) is 6.30. The van der Waals surface area contributed by atoms with E-state index in [-0.39, 0.29) is 0 Å². The smallest absolute Gasteiger partial charge is 0.0547 e. The third-order valence-corrected chi connectivity index (χ3v) is 5.30. The molecule has 0 bridgehead atoms. The van der Waals surface area contributed by atoms with Crippen molar-refractivity contribution in [1.82, 2.24) is 15.1 Å². The lowest BCUT2D eigenvalue weighted by molar-refractivity contribution is 0.0546. The average molecular weight is 281 g/mol. The number of hydrogen-bond acceptors (Lipinski definition) is 4. The molecule has 20 heavy (non-hydrogen) atoms. The minimum Gasteiger partial charge on any atom is -0.381 e. The van der Waals surface area contributed by atoms with Gasteiger partial charge in [-0.1, -0.05) is 13.8 Å². The van der Waals surface area contributed by atoms with Gasteiger partial charge in [-0.05, 0) is 25.8 Å². The van der Waals surface area contributed by atoms with Gasteiger partial charge in [-0.25, -0.2) is 0 Å². The Labute approximate surface area is 123 Å². The maximum atomic E-state index is 5.74. The van der Waals surface area contributed by atoms with E-state index < -0.39 is 0 Å². The topological polar surface area (TPSA) is 27.7 Å². The molecule has 3 saturated heterocycles. The third kappa shape index (κ3) is 3.35. The first-order chi connectivity index (χ1) is 9.67. The van der Waals surface area contributed by atoms with Crippen LogP contribution < -0.4 is 5.32 Å². The molecule has 0 spiro atoms. The second-order valence-electron chi connectivity index (χ2n) is 7.41. The van der Waals surface area contributed by atoms with Gasteiger partial charge in [0.2, 0.25) is 0 Å². The van der Waals surface area contributed by atoms with Gasteiger partial charge in [0.05, 0.1) is 6.61 Å². The van der Waals surface area contributed by atoms with Crippen molar-refractivity contribution in [3.05, 3.63) is 0 Å². The lowest BCUT2D eigenvalue weighted by atomic mass is 9.85. The van der Waals surface area contributed by atoms with E-state index in [2.05, 4.69) is 29.0 Å². The highest BCUT2D eigenvalue weighted by atomic mass is 16.5. The zero-order valence-electron chi connectivity index (χ0n) is 13.2. The minimum atomic E-state index is 0.352. The van der Waals surface area contributed by atoms with Crippen LogP contribution in [0, 0.1) is 5.41 Å². The van der Waals surface area contributed by atoms with Crippen molar-refractivity contribution in [3.63, 3.8) is 0 Å². The van der Waals surface area contributed by atoms with Gasteiger partial charge in [0.1, 0.15) is 0 Å². The van der Waals surface area contributed by atoms with Crippen molar-refractivity contribution in [2.45, 2.75) is 45.2 Å². The van der Waals surface area contributed by atoms with E-state index in [0.29, 0.717) is 11.5 Å². The first-order valence-electron chi connectivity index (χ1n) is 8.44. The molecule has 3 fully saturated rings. The van der Waals surface area contributed by atoms with Crippen molar-refractivity contribution in [1.29, 1.82) is 0 Å². The average Bonchev–Trinajstić information content (AvgIpc) is 3.05. The molecule has 116 valence electrons. The van der Waals surface area contributed by atoms with Gasteiger partial charge in [-0.15, -0.1) is 0 Å². The predicted molar refractivity (Wildman–Crippen MR) is 82.0 cm³/mol. The lowest BCUT2D eigenvalue weighted by Crippen LogP contribution is -2.54. The van der Waals surface area contributed by atoms with Gasteiger partial charge in [0, 0.05) is 56.8 Å². The zero-order valence-corrected chi connectivity index (χ0v) is 13.2. The molecule has 4 heteroatoms. The Bertz CT molecular complexity index is 315. The van der Waals surface area contributed by atoms with Crippen molar-refractivity contribution < 1.29 is 4.74 Å². The Morgan fingerprint density at radius 1 is 1.30 bits per heavy atom. The molecule has 3 aliphatic rings. The highest BCUT2D eigenvalue weighted by Gasteiger charge is 2.39. The summed E-state index contributed by atoms with van der Waals surface area (Å²) in [7, 11) is 0. The largest absolute Gasteiger partial charge is 0.381 e. The summed E-state index contributed by atoms with van der Waals surface area (Å²) in [4.78, 5) is 5.41. The highest BCUT2D eigenvalue weighted by molar-refractivity contribution is 4.93. The van der Waals surface area contributed by atoms with E-state index in [1.807, 2.05) is 0 Å². The molecule has 0 aromatic rings. The molecule has 0 radical (unpaired) electrons. The van der Waals surface area contributed by atoms with E-state index in [4.69, 9.17) is 4.74 Å². The fourth-order valence-corrected chi connectivity index (χ4v) is 4.06. The molecule has 0 amide bonds. The number of ether oxygens (including phenoxy) is 1. The van der Waals surface area contributed by atoms with Gasteiger partial charge < -0.3 is 10.1 Å². The molecule has 0 aliphatic carbocycles. The fourth-order valence-electron chi connectivity index (χ4n) is 4.06. The second-order valence-corrected chi connectivity index (χ2v) is 7.41. The number of rotatable bonds is 5. The summed E-state index contributed by atoms with van der Waals surface area (Å²) in [5, 5.41) is 3.65. The van der Waals surface area contributed by atoms with Crippen molar-refractivity contribution >= 4 is 0 Å². The number of nitrogens with one attached hydrogen (secondary N) is 1. The number of piperazine rings is 1. The maximum absolute atomic E-state index is 5.74. The summed E-state index contributed by atoms with van der Waals surface area (Å²) < 4.78 is 5.74. The van der Waals surface area contributed by atoms with Crippen LogP contribution in [-0.2, 0) is 4.74 Å². The molecule has 3 aliphatic heterocycles. The van der Waals surface area contributed by atoms with E-state index in [0.717, 1.165) is 25.8 Å². The zero-order chi connectivity index (χ0) is 14.0. The van der Waals surface area contributed by atoms with Gasteiger partial charge in [0.25, 0.3) is 0 Å². The molecule has 3 heterocycles. The number of fused-ring (bicyclic) bond motifs is 1. The molecular weight excluding hydrogens is 250 g/mol. The van der Waals surface area contributed by atoms with Crippen molar-refractivity contribution in [2.75, 3.05) is 52.5 Å². The fraction of sp³-hybridized carbons (Fsp3) is 1.00. The van der Waals surface area contributed by atoms with E-state index >= 15 is 0 Å². The van der Waals surface area contributed by atoms with Crippen LogP contribution in [0.4, 0.5) is 0 Å². The van der Waals surface area contributed by atoms with Gasteiger partial charge in [-0.2, -0.15) is 0 Å². The normalized spacial score (nSPS) is 35.9. The standard InChI is InChI=1S/C16H31N3O/c1-14(2)17-11-16(5-9-20-13-16)12-18-7-8-19-6-3-4-15(19)10-18/h14-15,17H,3-13H2,1-2H3. The Kier molecular flexibility index (Phi) is 4.65. The van der Waals surface area contributed by atoms with E-state index in [1.54, 1.807) is 0 Å². The van der Waals surface area contributed by atoms with Crippen LogP contribution in [0.3, 0.4) is 0 Å². The van der Waals surface area contributed by atoms with E-state index in [1.165, 1.54) is 52.0 Å². The number of hydrogen-bond donors (Lipinski definition) is 1. The molecule has 1 N–H and O–H groups in total. The first-order valence-corrected chi connectivity index (χ1v) is 8.44. The lowest BCUT2D eigenvalue weighted by Gasteiger charge is -2.42. The van der Waals surface area contributed by atoms with Gasteiger partial charge >= 0.3 is 0 Å². The third-order valence-electron chi connectivity index (χ3n) is 5.30. The maximum Gasteiger partial charge on any atom is 0.0547 e. The Hall–Kier alpha value is -0.160. The van der Waals surface area contributed by atoms with Crippen LogP contribution in [0.15, 0.2) is 0 Å². The molecule has 2 unspecified atom stereocenters. The molecule has 0 saturated carbocycles. The summed E-state index contributed by atoms with van der Waals surface area (Å²) >= 11 is 0. The van der Waals surface area contributed by atoms with Gasteiger partial charge in [-0.3, -0.25) is 9.80 Å². The monoisotopic (exact) mass is 281 g/mol. The van der Waals surface area contributed by atoms with E-state index in [9.17, 15) is 0 Å². The summed E-state index contributed by atoms with van der Waals surface area (Å²) in [6, 6.07) is 1.40. The quantitative estimate of drug-likeness (QED) is 0.819. The summed E-state index contributed by atoms with van der Waals surface area (Å²) in [5.74, 6) is 0. The van der Waals surface area contributed by atoms with Crippen LogP contribution in [-0.4, -0.2) is 74.4 Å². The molecule has 3 rings (SSSR count). The summed E-state index contributed by atoms with van der Waals surface area (Å²) in [5.41, 5.74) is 0.352. The Balaban J connectivity index is 1.56. The SMILES string of the molecule is CC(C)NCC1(CN2CCN3CCCC3C2)CCOC1. The van der Waals surface area contributed by atoms with Crippen molar-refractivity contribution in [2.24, 2.45) is 5.41 Å². The summed E-state index contributed by atoms with van der Waals surface area (Å²) in [6.07, 6.45) is 4.03. The van der Waals surface area contributed by atoms with Crippen LogP contribution in [0.2, 0.25) is 0 Å².